The van der Waals surface area contributed by atoms with Crippen LogP contribution in [0.25, 0.3) is 27.5 Å². The molecule has 1 heteroatoms. The Balaban J connectivity index is 0.922. The van der Waals surface area contributed by atoms with E-state index in [1.54, 1.807) is 33.4 Å². The van der Waals surface area contributed by atoms with Crippen molar-refractivity contribution in [1.29, 1.82) is 0 Å². The fraction of sp³-hybridized carbons (Fsp3) is 0.265. The Hall–Kier alpha value is -4.88. The van der Waals surface area contributed by atoms with Crippen LogP contribution in [-0.4, -0.2) is 4.57 Å². The molecular formula is C49H45N. The van der Waals surface area contributed by atoms with Gasteiger partial charge in [-0.05, 0) is 137 Å². The van der Waals surface area contributed by atoms with E-state index in [9.17, 15) is 0 Å². The highest BCUT2D eigenvalue weighted by atomic mass is 15.0. The summed E-state index contributed by atoms with van der Waals surface area (Å²) in [7, 11) is 0. The molecule has 7 aliphatic rings. The van der Waals surface area contributed by atoms with Crippen molar-refractivity contribution in [2.24, 2.45) is 17.3 Å². The smallest absolute Gasteiger partial charge is 0.0537 e. The molecule has 0 saturated carbocycles. The van der Waals surface area contributed by atoms with Crippen molar-refractivity contribution in [2.45, 2.75) is 65.2 Å². The Bertz CT molecular complexity index is 2330. The van der Waals surface area contributed by atoms with Crippen molar-refractivity contribution >= 4 is 27.5 Å². The number of fused-ring (bicyclic) bond motifs is 6. The van der Waals surface area contributed by atoms with E-state index in [1.807, 2.05) is 0 Å². The molecule has 10 rings (SSSR count). The van der Waals surface area contributed by atoms with Crippen LogP contribution in [0.4, 0.5) is 0 Å². The second-order valence-corrected chi connectivity index (χ2v) is 15.8. The van der Waals surface area contributed by atoms with Gasteiger partial charge in [0.15, 0.2) is 0 Å². The maximum absolute atomic E-state index is 2.63. The van der Waals surface area contributed by atoms with E-state index >= 15 is 0 Å². The molecule has 0 saturated heterocycles. The van der Waals surface area contributed by atoms with Gasteiger partial charge >= 0.3 is 0 Å². The lowest BCUT2D eigenvalue weighted by molar-refractivity contribution is 0.331. The fourth-order valence-corrected chi connectivity index (χ4v) is 10.1. The molecule has 2 aromatic carbocycles. The van der Waals surface area contributed by atoms with Gasteiger partial charge in [0.05, 0.1) is 11.0 Å². The standard InChI is InChI=1S/C49H45N/c1-49(2)45-30-38(33-20-24-40(25-21-33)50-47-16-7-5-14-43(47)44-15-6-8-17-48(44)50)22-26-41(45)42-27-23-39(31-46(42)49)36-13-9-12-35(29-36)37-19-18-32-10-3-4-11-34(32)28-37/h3-8,10-12,14-17,19-20,22,24,26,28-29,31-32,45H,9,13,18,21,23,25,27,30H2,1-2H3. The van der Waals surface area contributed by atoms with Crippen LogP contribution in [0, 0.1) is 17.3 Å². The summed E-state index contributed by atoms with van der Waals surface area (Å²) < 4.78 is 2.50. The number of allylic oxidation sites excluding steroid dienone is 24. The van der Waals surface area contributed by atoms with Crippen molar-refractivity contribution in [2.75, 3.05) is 0 Å². The quantitative estimate of drug-likeness (QED) is 0.266. The van der Waals surface area contributed by atoms with Crippen molar-refractivity contribution < 1.29 is 0 Å². The summed E-state index contributed by atoms with van der Waals surface area (Å²) in [6.45, 7) is 5.04. The van der Waals surface area contributed by atoms with Gasteiger partial charge in [-0.3, -0.25) is 0 Å². The Morgan fingerprint density at radius 2 is 1.40 bits per heavy atom. The average Bonchev–Trinajstić information content (AvgIpc) is 3.63. The molecule has 2 unspecified atom stereocenters. The average molecular weight is 648 g/mol. The minimum Gasteiger partial charge on any atom is -0.313 e. The van der Waals surface area contributed by atoms with E-state index < -0.39 is 0 Å². The zero-order valence-corrected chi connectivity index (χ0v) is 29.4. The summed E-state index contributed by atoms with van der Waals surface area (Å²) in [5, 5.41) is 2.68. The highest BCUT2D eigenvalue weighted by Gasteiger charge is 2.46. The summed E-state index contributed by atoms with van der Waals surface area (Å²) in [6.07, 6.45) is 40.4. The number of hydrogen-bond acceptors (Lipinski definition) is 0. The molecule has 1 nitrogen and oxygen atoms in total. The van der Waals surface area contributed by atoms with Gasteiger partial charge in [-0.15, -0.1) is 0 Å². The Morgan fingerprint density at radius 1 is 0.660 bits per heavy atom. The molecule has 0 spiro atoms. The van der Waals surface area contributed by atoms with E-state index in [-0.39, 0.29) is 5.41 Å². The molecule has 50 heavy (non-hydrogen) atoms. The molecule has 0 radical (unpaired) electrons. The first kappa shape index (κ1) is 30.0. The third-order valence-electron chi connectivity index (χ3n) is 12.8. The van der Waals surface area contributed by atoms with E-state index in [2.05, 4.69) is 146 Å². The topological polar surface area (TPSA) is 4.93 Å². The molecule has 1 heterocycles. The Labute approximate surface area is 296 Å². The second-order valence-electron chi connectivity index (χ2n) is 15.8. The van der Waals surface area contributed by atoms with Crippen molar-refractivity contribution in [3.63, 3.8) is 0 Å². The van der Waals surface area contributed by atoms with Gasteiger partial charge in [-0.25, -0.2) is 0 Å². The predicted octanol–water partition coefficient (Wildman–Crippen LogP) is 12.9. The molecular weight excluding hydrogens is 603 g/mol. The van der Waals surface area contributed by atoms with Gasteiger partial charge in [0.1, 0.15) is 0 Å². The molecule has 2 atom stereocenters. The molecule has 7 aliphatic carbocycles. The van der Waals surface area contributed by atoms with E-state index in [0.29, 0.717) is 11.8 Å². The number of benzene rings is 2. The van der Waals surface area contributed by atoms with E-state index in [4.69, 9.17) is 0 Å². The van der Waals surface area contributed by atoms with Crippen LogP contribution >= 0.6 is 0 Å². The van der Waals surface area contributed by atoms with Crippen molar-refractivity contribution in [1.82, 2.24) is 4.57 Å². The number of para-hydroxylation sites is 2. The summed E-state index contributed by atoms with van der Waals surface area (Å²) >= 11 is 0. The first-order chi connectivity index (χ1) is 24.5. The highest BCUT2D eigenvalue weighted by molar-refractivity contribution is 6.10. The molecule has 3 aromatic rings. The molecule has 0 amide bonds. The zero-order chi connectivity index (χ0) is 33.4. The van der Waals surface area contributed by atoms with Crippen LogP contribution in [0.5, 0.6) is 0 Å². The Kier molecular flexibility index (Phi) is 6.95. The summed E-state index contributed by atoms with van der Waals surface area (Å²) in [6, 6.07) is 17.7. The SMILES string of the molecule is CC1(C)C2=C(CCC(C3=CC(C4=CCC5C=CC=CC5=C4)=CCC3)=C2)C2=CC=C(C3=CC=C(n4c5ccccc5c5ccccc54)CC3)CC21. The molecule has 0 bridgehead atoms. The number of aromatic nitrogens is 1. The third-order valence-corrected chi connectivity index (χ3v) is 12.8. The molecule has 0 fully saturated rings. The lowest BCUT2D eigenvalue weighted by Crippen LogP contribution is -2.24. The van der Waals surface area contributed by atoms with Crippen molar-refractivity contribution in [3.8, 4) is 0 Å². The first-order valence-electron chi connectivity index (χ1n) is 18.9. The lowest BCUT2D eigenvalue weighted by atomic mass is 9.70. The van der Waals surface area contributed by atoms with Gasteiger partial charge in [-0.1, -0.05) is 123 Å². The van der Waals surface area contributed by atoms with E-state index in [0.717, 1.165) is 44.9 Å². The largest absolute Gasteiger partial charge is 0.313 e. The van der Waals surface area contributed by atoms with Gasteiger partial charge in [0, 0.05) is 22.4 Å². The monoisotopic (exact) mass is 647 g/mol. The van der Waals surface area contributed by atoms with Crippen LogP contribution in [0.2, 0.25) is 0 Å². The molecule has 1 aromatic heterocycles. The van der Waals surface area contributed by atoms with E-state index in [1.165, 1.54) is 56.2 Å². The second kappa shape index (κ2) is 11.6. The number of rotatable bonds is 4. The predicted molar refractivity (Wildman–Crippen MR) is 211 cm³/mol. The Morgan fingerprint density at radius 3 is 2.20 bits per heavy atom. The van der Waals surface area contributed by atoms with Crippen LogP contribution in [0.1, 0.15) is 65.2 Å². The summed E-state index contributed by atoms with van der Waals surface area (Å²) in [5.41, 5.74) is 19.5. The third kappa shape index (κ3) is 4.73. The number of nitrogens with zero attached hydrogens (tertiary/aromatic N) is 1. The van der Waals surface area contributed by atoms with Crippen LogP contribution < -0.4 is 0 Å². The molecule has 246 valence electrons. The summed E-state index contributed by atoms with van der Waals surface area (Å²) in [5.74, 6) is 1.10. The van der Waals surface area contributed by atoms with Crippen LogP contribution in [0.15, 0.2) is 183 Å². The maximum atomic E-state index is 2.63. The lowest BCUT2D eigenvalue weighted by Gasteiger charge is -2.34. The molecule has 0 N–H and O–H groups in total. The maximum Gasteiger partial charge on any atom is 0.0537 e. The van der Waals surface area contributed by atoms with Gasteiger partial charge in [-0.2, -0.15) is 0 Å². The number of hydrogen-bond donors (Lipinski definition) is 0. The highest BCUT2D eigenvalue weighted by Crippen LogP contribution is 2.58. The summed E-state index contributed by atoms with van der Waals surface area (Å²) in [4.78, 5) is 0. The normalized spacial score (nSPS) is 25.4. The first-order valence-corrected chi connectivity index (χ1v) is 18.9. The molecule has 0 aliphatic heterocycles. The minimum atomic E-state index is 0.131. The van der Waals surface area contributed by atoms with Crippen LogP contribution in [-0.2, 0) is 0 Å². The van der Waals surface area contributed by atoms with Crippen LogP contribution in [0.3, 0.4) is 0 Å². The minimum absolute atomic E-state index is 0.131. The van der Waals surface area contributed by atoms with Crippen molar-refractivity contribution in [3.05, 3.63) is 183 Å². The zero-order valence-electron chi connectivity index (χ0n) is 29.4. The van der Waals surface area contributed by atoms with Gasteiger partial charge in [0.2, 0.25) is 0 Å². The van der Waals surface area contributed by atoms with Gasteiger partial charge in [0.25, 0.3) is 0 Å². The van der Waals surface area contributed by atoms with Gasteiger partial charge < -0.3 is 4.57 Å². The fourth-order valence-electron chi connectivity index (χ4n) is 10.1.